The molecule has 0 radical (unpaired) electrons. The fraction of sp³-hybridized carbons (Fsp3) is 0.294. The van der Waals surface area contributed by atoms with Crippen molar-refractivity contribution in [3.63, 3.8) is 0 Å². The summed E-state index contributed by atoms with van der Waals surface area (Å²) in [4.78, 5) is 16.8. The SMILES string of the molecule is CCCCCn1c(Cl)cc(=O)n2cc(-c3ccc(Cl)cc3)nc12. The van der Waals surface area contributed by atoms with E-state index >= 15 is 0 Å². The summed E-state index contributed by atoms with van der Waals surface area (Å²) >= 11 is 12.2. The number of unbranched alkanes of at least 4 members (excludes halogenated alkanes) is 2. The van der Waals surface area contributed by atoms with Crippen LogP contribution in [0.15, 0.2) is 41.3 Å². The Labute approximate surface area is 144 Å². The molecule has 0 saturated heterocycles. The zero-order chi connectivity index (χ0) is 16.4. The molecule has 3 aromatic rings. The van der Waals surface area contributed by atoms with Crippen LogP contribution in [-0.2, 0) is 6.54 Å². The van der Waals surface area contributed by atoms with Crippen LogP contribution in [0.25, 0.3) is 17.0 Å². The standard InChI is InChI=1S/C17H17Cl2N3O/c1-2-3-4-9-21-15(19)10-16(23)22-11-14(20-17(21)22)12-5-7-13(18)8-6-12/h5-8,10-11H,2-4,9H2,1H3. The van der Waals surface area contributed by atoms with Crippen LogP contribution in [0.4, 0.5) is 0 Å². The first-order chi connectivity index (χ1) is 11.1. The van der Waals surface area contributed by atoms with Gasteiger partial charge >= 0.3 is 0 Å². The summed E-state index contributed by atoms with van der Waals surface area (Å²) in [7, 11) is 0. The van der Waals surface area contributed by atoms with Gasteiger partial charge in [0.25, 0.3) is 5.56 Å². The van der Waals surface area contributed by atoms with Crippen LogP contribution in [-0.4, -0.2) is 14.0 Å². The molecule has 0 spiro atoms. The van der Waals surface area contributed by atoms with E-state index < -0.39 is 0 Å². The zero-order valence-electron chi connectivity index (χ0n) is 12.8. The minimum atomic E-state index is -0.176. The molecule has 2 aromatic heterocycles. The maximum Gasteiger partial charge on any atom is 0.260 e. The quantitative estimate of drug-likeness (QED) is 0.496. The Bertz CT molecular complexity index is 881. The smallest absolute Gasteiger partial charge is 0.260 e. The van der Waals surface area contributed by atoms with E-state index in [1.165, 1.54) is 6.07 Å². The first kappa shape index (κ1) is 16.1. The largest absolute Gasteiger partial charge is 0.302 e. The summed E-state index contributed by atoms with van der Waals surface area (Å²) < 4.78 is 3.43. The lowest BCUT2D eigenvalue weighted by molar-refractivity contribution is 0.602. The van der Waals surface area contributed by atoms with Crippen molar-refractivity contribution in [2.75, 3.05) is 0 Å². The van der Waals surface area contributed by atoms with E-state index in [9.17, 15) is 4.79 Å². The highest BCUT2D eigenvalue weighted by Gasteiger charge is 2.12. The van der Waals surface area contributed by atoms with Crippen LogP contribution >= 0.6 is 23.2 Å². The van der Waals surface area contributed by atoms with Crippen molar-refractivity contribution in [2.24, 2.45) is 0 Å². The monoisotopic (exact) mass is 349 g/mol. The molecule has 0 fully saturated rings. The Hall–Kier alpha value is -1.78. The summed E-state index contributed by atoms with van der Waals surface area (Å²) in [5, 5.41) is 1.09. The molecule has 0 aliphatic carbocycles. The highest BCUT2D eigenvalue weighted by molar-refractivity contribution is 6.30. The Morgan fingerprint density at radius 3 is 2.57 bits per heavy atom. The van der Waals surface area contributed by atoms with Gasteiger partial charge in [-0.2, -0.15) is 0 Å². The lowest BCUT2D eigenvalue weighted by Gasteiger charge is -2.09. The third kappa shape index (κ3) is 3.28. The summed E-state index contributed by atoms with van der Waals surface area (Å²) in [5.74, 6) is 0.573. The number of halogens is 2. The second kappa shape index (κ2) is 6.77. The minimum Gasteiger partial charge on any atom is -0.302 e. The van der Waals surface area contributed by atoms with Gasteiger partial charge in [-0.25, -0.2) is 4.98 Å². The fourth-order valence-electron chi connectivity index (χ4n) is 2.55. The van der Waals surface area contributed by atoms with Gasteiger partial charge in [-0.3, -0.25) is 9.20 Å². The predicted octanol–water partition coefficient (Wildman–Crippen LogP) is 4.66. The topological polar surface area (TPSA) is 39.3 Å². The van der Waals surface area contributed by atoms with Crippen molar-refractivity contribution in [1.82, 2.24) is 14.0 Å². The third-order valence-corrected chi connectivity index (χ3v) is 4.36. The van der Waals surface area contributed by atoms with E-state index in [4.69, 9.17) is 23.2 Å². The van der Waals surface area contributed by atoms with Gasteiger partial charge < -0.3 is 4.57 Å². The molecular weight excluding hydrogens is 333 g/mol. The number of nitrogens with zero attached hydrogens (tertiary/aromatic N) is 3. The van der Waals surface area contributed by atoms with Crippen molar-refractivity contribution in [3.05, 3.63) is 57.1 Å². The normalized spacial score (nSPS) is 11.3. The molecule has 0 amide bonds. The van der Waals surface area contributed by atoms with Crippen LogP contribution in [0.2, 0.25) is 10.2 Å². The van der Waals surface area contributed by atoms with E-state index in [0.717, 1.165) is 37.1 Å². The molecule has 1 aromatic carbocycles. The van der Waals surface area contributed by atoms with Crippen molar-refractivity contribution in [3.8, 4) is 11.3 Å². The maximum absolute atomic E-state index is 12.2. The van der Waals surface area contributed by atoms with Crippen LogP contribution in [0.3, 0.4) is 0 Å². The van der Waals surface area contributed by atoms with Crippen LogP contribution in [0.1, 0.15) is 26.2 Å². The predicted molar refractivity (Wildman–Crippen MR) is 94.4 cm³/mol. The van der Waals surface area contributed by atoms with E-state index in [-0.39, 0.29) is 5.56 Å². The first-order valence-corrected chi connectivity index (χ1v) is 8.40. The lowest BCUT2D eigenvalue weighted by Crippen LogP contribution is -2.17. The molecule has 2 heterocycles. The summed E-state index contributed by atoms with van der Waals surface area (Å²) in [5.41, 5.74) is 1.46. The van der Waals surface area contributed by atoms with Gasteiger partial charge in [-0.1, -0.05) is 55.1 Å². The number of aryl methyl sites for hydroxylation is 1. The Morgan fingerprint density at radius 1 is 1.13 bits per heavy atom. The van der Waals surface area contributed by atoms with Gasteiger partial charge in [-0.15, -0.1) is 0 Å². The number of hydrogen-bond donors (Lipinski definition) is 0. The summed E-state index contributed by atoms with van der Waals surface area (Å²) in [6, 6.07) is 8.83. The number of rotatable bonds is 5. The van der Waals surface area contributed by atoms with Gasteiger partial charge in [0.1, 0.15) is 5.15 Å². The summed E-state index contributed by atoms with van der Waals surface area (Å²) in [6.07, 6.45) is 4.98. The summed E-state index contributed by atoms with van der Waals surface area (Å²) in [6.45, 7) is 2.89. The highest BCUT2D eigenvalue weighted by Crippen LogP contribution is 2.22. The fourth-order valence-corrected chi connectivity index (χ4v) is 2.93. The van der Waals surface area contributed by atoms with Crippen molar-refractivity contribution in [2.45, 2.75) is 32.7 Å². The average molecular weight is 350 g/mol. The Balaban J connectivity index is 2.10. The molecule has 0 bridgehead atoms. The van der Waals surface area contributed by atoms with Gasteiger partial charge in [0.15, 0.2) is 0 Å². The van der Waals surface area contributed by atoms with Crippen LogP contribution < -0.4 is 5.56 Å². The Morgan fingerprint density at radius 2 is 1.87 bits per heavy atom. The Kier molecular flexibility index (Phi) is 4.74. The molecule has 0 N–H and O–H groups in total. The maximum atomic E-state index is 12.2. The molecule has 0 unspecified atom stereocenters. The van der Waals surface area contributed by atoms with Gasteiger partial charge in [0, 0.05) is 29.4 Å². The zero-order valence-corrected chi connectivity index (χ0v) is 14.3. The lowest BCUT2D eigenvalue weighted by atomic mass is 10.2. The second-order valence-corrected chi connectivity index (χ2v) is 6.29. The second-order valence-electron chi connectivity index (χ2n) is 5.47. The highest BCUT2D eigenvalue weighted by atomic mass is 35.5. The molecule has 120 valence electrons. The van der Waals surface area contributed by atoms with E-state index in [1.807, 2.05) is 16.7 Å². The number of hydrogen-bond acceptors (Lipinski definition) is 2. The van der Waals surface area contributed by atoms with Gasteiger partial charge in [0.2, 0.25) is 5.78 Å². The number of benzene rings is 1. The first-order valence-electron chi connectivity index (χ1n) is 7.64. The molecule has 23 heavy (non-hydrogen) atoms. The van der Waals surface area contributed by atoms with E-state index in [1.54, 1.807) is 22.7 Å². The number of imidazole rings is 1. The van der Waals surface area contributed by atoms with Crippen molar-refractivity contribution >= 4 is 29.0 Å². The molecule has 6 heteroatoms. The van der Waals surface area contributed by atoms with Crippen molar-refractivity contribution < 1.29 is 0 Å². The molecule has 0 aliphatic rings. The van der Waals surface area contributed by atoms with E-state index in [0.29, 0.717) is 16.0 Å². The molecule has 4 nitrogen and oxygen atoms in total. The van der Waals surface area contributed by atoms with Gasteiger partial charge in [0.05, 0.1) is 5.69 Å². The van der Waals surface area contributed by atoms with Crippen LogP contribution in [0, 0.1) is 0 Å². The molecular formula is C17H17Cl2N3O. The van der Waals surface area contributed by atoms with Crippen molar-refractivity contribution in [1.29, 1.82) is 0 Å². The molecule has 0 atom stereocenters. The molecule has 0 aliphatic heterocycles. The van der Waals surface area contributed by atoms with E-state index in [2.05, 4.69) is 11.9 Å². The third-order valence-electron chi connectivity index (χ3n) is 3.79. The minimum absolute atomic E-state index is 0.176. The van der Waals surface area contributed by atoms with Gasteiger partial charge in [-0.05, 0) is 18.6 Å². The van der Waals surface area contributed by atoms with Crippen LogP contribution in [0.5, 0.6) is 0 Å². The number of aromatic nitrogens is 3. The number of fused-ring (bicyclic) bond motifs is 1. The molecule has 0 saturated carbocycles. The molecule has 3 rings (SSSR count). The average Bonchev–Trinajstić information content (AvgIpc) is 2.97.